The highest BCUT2D eigenvalue weighted by Crippen LogP contribution is 2.20. The van der Waals surface area contributed by atoms with Crippen molar-refractivity contribution >= 4 is 33.2 Å². The quantitative estimate of drug-likeness (QED) is 0.561. The molecule has 112 valence electrons. The minimum absolute atomic E-state index is 0.0162. The largest absolute Gasteiger partial charge is 0.508 e. The lowest BCUT2D eigenvalue weighted by Crippen LogP contribution is -2.18. The smallest absolute Gasteiger partial charge is 0.233 e. The van der Waals surface area contributed by atoms with Crippen molar-refractivity contribution < 1.29 is 13.5 Å². The highest BCUT2D eigenvalue weighted by Gasteiger charge is 2.10. The zero-order valence-corrected chi connectivity index (χ0v) is 12.8. The average Bonchev–Trinajstić information content (AvgIpc) is 2.40. The minimum atomic E-state index is -3.44. The maximum atomic E-state index is 11.9. The normalized spacial score (nSPS) is 11.2. The van der Waals surface area contributed by atoms with Crippen molar-refractivity contribution in [3.63, 3.8) is 0 Å². The number of nitrogens with one attached hydrogen (secondary N) is 1. The van der Waals surface area contributed by atoms with Crippen molar-refractivity contribution in [2.75, 3.05) is 22.0 Å². The number of phenols is 1. The molecule has 0 saturated carbocycles. The number of sulfonamides is 1. The summed E-state index contributed by atoms with van der Waals surface area (Å²) in [6.07, 6.45) is 0. The van der Waals surface area contributed by atoms with E-state index in [1.165, 1.54) is 23.9 Å². The SMILES string of the molecule is Nc1ccc(SCCS(=O)(=O)Nc2cccc(O)c2)cc1. The molecule has 0 aromatic heterocycles. The summed E-state index contributed by atoms with van der Waals surface area (Å²) in [7, 11) is -3.44. The maximum Gasteiger partial charge on any atom is 0.233 e. The van der Waals surface area contributed by atoms with E-state index in [9.17, 15) is 13.5 Å². The van der Waals surface area contributed by atoms with Gasteiger partial charge in [0.1, 0.15) is 5.75 Å². The molecule has 0 aliphatic heterocycles. The van der Waals surface area contributed by atoms with Gasteiger partial charge in [0.25, 0.3) is 0 Å². The van der Waals surface area contributed by atoms with Crippen molar-refractivity contribution in [1.82, 2.24) is 0 Å². The number of hydrogen-bond donors (Lipinski definition) is 3. The van der Waals surface area contributed by atoms with Gasteiger partial charge >= 0.3 is 0 Å². The lowest BCUT2D eigenvalue weighted by molar-refractivity contribution is 0.475. The Hall–Kier alpha value is -1.86. The van der Waals surface area contributed by atoms with Crippen LogP contribution in [0.1, 0.15) is 0 Å². The Bertz CT molecular complexity index is 700. The molecule has 0 amide bonds. The first-order chi connectivity index (χ1) is 9.94. The molecule has 0 heterocycles. The summed E-state index contributed by atoms with van der Waals surface area (Å²) in [6, 6.07) is 13.3. The molecule has 21 heavy (non-hydrogen) atoms. The molecule has 0 unspecified atom stereocenters. The van der Waals surface area contributed by atoms with Gasteiger partial charge in [0, 0.05) is 22.4 Å². The fraction of sp³-hybridized carbons (Fsp3) is 0.143. The fourth-order valence-corrected chi connectivity index (χ4v) is 4.00. The molecule has 0 saturated heterocycles. The van der Waals surface area contributed by atoms with Gasteiger partial charge in [-0.3, -0.25) is 4.72 Å². The van der Waals surface area contributed by atoms with Crippen LogP contribution in [-0.2, 0) is 10.0 Å². The van der Waals surface area contributed by atoms with Crippen LogP contribution in [0.5, 0.6) is 5.75 Å². The van der Waals surface area contributed by atoms with Crippen LogP contribution in [0.25, 0.3) is 0 Å². The monoisotopic (exact) mass is 324 g/mol. The zero-order chi connectivity index (χ0) is 15.3. The van der Waals surface area contributed by atoms with Crippen molar-refractivity contribution in [3.05, 3.63) is 48.5 Å². The van der Waals surface area contributed by atoms with Crippen LogP contribution < -0.4 is 10.5 Å². The van der Waals surface area contributed by atoms with Crippen LogP contribution >= 0.6 is 11.8 Å². The zero-order valence-electron chi connectivity index (χ0n) is 11.2. The number of nitrogen functional groups attached to an aromatic ring is 1. The number of benzene rings is 2. The molecular formula is C14H16N2O3S2. The molecule has 0 bridgehead atoms. The Morgan fingerprint density at radius 1 is 1.14 bits per heavy atom. The van der Waals surface area contributed by atoms with E-state index in [-0.39, 0.29) is 11.5 Å². The molecule has 4 N–H and O–H groups in total. The summed E-state index contributed by atoms with van der Waals surface area (Å²) >= 11 is 1.45. The van der Waals surface area contributed by atoms with E-state index in [0.29, 0.717) is 17.1 Å². The topological polar surface area (TPSA) is 92.4 Å². The lowest BCUT2D eigenvalue weighted by Gasteiger charge is -2.08. The number of anilines is 2. The third kappa shape index (κ3) is 5.20. The van der Waals surface area contributed by atoms with E-state index in [2.05, 4.69) is 4.72 Å². The second-order valence-electron chi connectivity index (χ2n) is 4.39. The maximum absolute atomic E-state index is 11.9. The van der Waals surface area contributed by atoms with Gasteiger partial charge in [-0.05, 0) is 36.4 Å². The molecular weight excluding hydrogens is 308 g/mol. The van der Waals surface area contributed by atoms with Crippen LogP contribution in [0.3, 0.4) is 0 Å². The second-order valence-corrected chi connectivity index (χ2v) is 7.40. The minimum Gasteiger partial charge on any atom is -0.508 e. The number of thioether (sulfide) groups is 1. The van der Waals surface area contributed by atoms with Crippen LogP contribution in [-0.4, -0.2) is 25.0 Å². The summed E-state index contributed by atoms with van der Waals surface area (Å²) in [5.74, 6) is 0.432. The van der Waals surface area contributed by atoms with Gasteiger partial charge in [-0.1, -0.05) is 6.07 Å². The Balaban J connectivity index is 1.88. The molecule has 7 heteroatoms. The van der Waals surface area contributed by atoms with E-state index < -0.39 is 10.0 Å². The van der Waals surface area contributed by atoms with Gasteiger partial charge in [-0.25, -0.2) is 8.42 Å². The van der Waals surface area contributed by atoms with Gasteiger partial charge < -0.3 is 10.8 Å². The molecule has 0 aliphatic rings. The van der Waals surface area contributed by atoms with Gasteiger partial charge in [0.05, 0.1) is 11.4 Å². The summed E-state index contributed by atoms with van der Waals surface area (Å²) in [6.45, 7) is 0. The Labute approximate surface area is 128 Å². The summed E-state index contributed by atoms with van der Waals surface area (Å²) in [5, 5.41) is 9.31. The Morgan fingerprint density at radius 3 is 2.52 bits per heavy atom. The van der Waals surface area contributed by atoms with Crippen molar-refractivity contribution in [2.45, 2.75) is 4.90 Å². The standard InChI is InChI=1S/C14H16N2O3S2/c15-11-4-6-14(7-5-11)20-8-9-21(18,19)16-12-2-1-3-13(17)10-12/h1-7,10,16-17H,8-9,15H2. The Kier molecular flexibility index (Phi) is 4.98. The van der Waals surface area contributed by atoms with Crippen molar-refractivity contribution in [2.24, 2.45) is 0 Å². The first kappa shape index (κ1) is 15.5. The molecule has 0 atom stereocenters. The van der Waals surface area contributed by atoms with Crippen LogP contribution in [0.2, 0.25) is 0 Å². The highest BCUT2D eigenvalue weighted by atomic mass is 32.2. The molecule has 0 aliphatic carbocycles. The Morgan fingerprint density at radius 2 is 1.86 bits per heavy atom. The van der Waals surface area contributed by atoms with Gasteiger partial charge in [-0.15, -0.1) is 11.8 Å². The number of nitrogens with two attached hydrogens (primary N) is 1. The van der Waals surface area contributed by atoms with Crippen molar-refractivity contribution in [1.29, 1.82) is 0 Å². The number of hydrogen-bond acceptors (Lipinski definition) is 5. The summed E-state index contributed by atoms with van der Waals surface area (Å²) in [4.78, 5) is 0.969. The second kappa shape index (κ2) is 6.73. The average molecular weight is 324 g/mol. The molecule has 0 fully saturated rings. The molecule has 5 nitrogen and oxygen atoms in total. The molecule has 0 radical (unpaired) electrons. The number of phenolic OH excluding ortho intramolecular Hbond substituents is 1. The van der Waals surface area contributed by atoms with E-state index in [0.717, 1.165) is 4.90 Å². The summed E-state index contributed by atoms with van der Waals surface area (Å²) < 4.78 is 26.3. The third-order valence-electron chi connectivity index (χ3n) is 2.62. The molecule has 2 aromatic rings. The fourth-order valence-electron chi connectivity index (χ4n) is 1.63. The third-order valence-corrected chi connectivity index (χ3v) is 5.18. The van der Waals surface area contributed by atoms with E-state index in [1.807, 2.05) is 12.1 Å². The number of rotatable bonds is 6. The highest BCUT2D eigenvalue weighted by molar-refractivity contribution is 8.01. The van der Waals surface area contributed by atoms with Gasteiger partial charge in [0.15, 0.2) is 0 Å². The van der Waals surface area contributed by atoms with Crippen molar-refractivity contribution in [3.8, 4) is 5.75 Å². The molecule has 2 aromatic carbocycles. The van der Waals surface area contributed by atoms with Gasteiger partial charge in [0.2, 0.25) is 10.0 Å². The van der Waals surface area contributed by atoms with E-state index >= 15 is 0 Å². The summed E-state index contributed by atoms with van der Waals surface area (Å²) in [5.41, 5.74) is 6.62. The number of aromatic hydroxyl groups is 1. The van der Waals surface area contributed by atoms with Crippen LogP contribution in [0.15, 0.2) is 53.4 Å². The van der Waals surface area contributed by atoms with E-state index in [4.69, 9.17) is 5.73 Å². The predicted molar refractivity (Wildman–Crippen MR) is 87.1 cm³/mol. The molecule has 0 spiro atoms. The van der Waals surface area contributed by atoms with Crippen LogP contribution in [0.4, 0.5) is 11.4 Å². The first-order valence-electron chi connectivity index (χ1n) is 6.22. The van der Waals surface area contributed by atoms with E-state index in [1.54, 1.807) is 24.3 Å². The molecule has 2 rings (SSSR count). The van der Waals surface area contributed by atoms with Crippen LogP contribution in [0, 0.1) is 0 Å². The first-order valence-corrected chi connectivity index (χ1v) is 8.86. The predicted octanol–water partition coefficient (Wildman–Crippen LogP) is 2.51. The lowest BCUT2D eigenvalue weighted by atomic mass is 10.3. The van der Waals surface area contributed by atoms with Gasteiger partial charge in [-0.2, -0.15) is 0 Å².